The molecule has 0 bridgehead atoms. The van der Waals surface area contributed by atoms with E-state index in [1.165, 1.54) is 6.08 Å². The van der Waals surface area contributed by atoms with Gasteiger partial charge in [0.2, 0.25) is 0 Å². The Bertz CT molecular complexity index is 999. The molecule has 0 atom stereocenters. The third-order valence-electron chi connectivity index (χ3n) is 4.19. The van der Waals surface area contributed by atoms with Crippen LogP contribution in [0.1, 0.15) is 5.56 Å². The smallest absolute Gasteiger partial charge is 0.259 e. The number of nitrogens with two attached hydrogens (primary N) is 1. The normalized spacial score (nSPS) is 10.8. The van der Waals surface area contributed by atoms with Crippen molar-refractivity contribution in [2.75, 3.05) is 12.0 Å². The van der Waals surface area contributed by atoms with Gasteiger partial charge in [0, 0.05) is 28.7 Å². The first-order chi connectivity index (χ1) is 13.6. The van der Waals surface area contributed by atoms with Crippen molar-refractivity contribution in [3.8, 4) is 11.8 Å². The van der Waals surface area contributed by atoms with Crippen LogP contribution in [0.3, 0.4) is 0 Å². The first kappa shape index (κ1) is 18.7. The molecule has 0 unspecified atom stereocenters. The number of nitriles is 1. The summed E-state index contributed by atoms with van der Waals surface area (Å²) < 4.78 is 5.50. The van der Waals surface area contributed by atoms with Gasteiger partial charge >= 0.3 is 0 Å². The molecule has 0 aliphatic heterocycles. The molecule has 138 valence electrons. The van der Waals surface area contributed by atoms with Crippen molar-refractivity contribution in [1.82, 2.24) is 0 Å². The van der Waals surface area contributed by atoms with Gasteiger partial charge < -0.3 is 15.4 Å². The summed E-state index contributed by atoms with van der Waals surface area (Å²) in [7, 11) is 1.54. The van der Waals surface area contributed by atoms with E-state index >= 15 is 0 Å². The second-order valence-corrected chi connectivity index (χ2v) is 5.97. The summed E-state index contributed by atoms with van der Waals surface area (Å²) in [5, 5.41) is 9.09. The van der Waals surface area contributed by atoms with Gasteiger partial charge in [0.25, 0.3) is 5.91 Å². The number of hydrogen-bond acceptors (Lipinski definition) is 4. The zero-order chi connectivity index (χ0) is 19.9. The lowest BCUT2D eigenvalue weighted by molar-refractivity contribution is -0.114. The van der Waals surface area contributed by atoms with Gasteiger partial charge in [-0.3, -0.25) is 4.79 Å². The number of amides is 1. The average molecular weight is 369 g/mol. The molecule has 0 aromatic heterocycles. The maximum absolute atomic E-state index is 11.4. The summed E-state index contributed by atoms with van der Waals surface area (Å²) in [6.07, 6.45) is 1.43. The molecule has 28 heavy (non-hydrogen) atoms. The lowest BCUT2D eigenvalue weighted by atomic mass is 10.1. The quantitative estimate of drug-likeness (QED) is 0.510. The van der Waals surface area contributed by atoms with Crippen molar-refractivity contribution in [1.29, 1.82) is 5.26 Å². The van der Waals surface area contributed by atoms with Crippen molar-refractivity contribution < 1.29 is 9.53 Å². The Morgan fingerprint density at radius 3 is 2.00 bits per heavy atom. The molecular weight excluding hydrogens is 350 g/mol. The van der Waals surface area contributed by atoms with Crippen LogP contribution in [0.15, 0.2) is 84.4 Å². The zero-order valence-corrected chi connectivity index (χ0v) is 15.4. The molecule has 5 heteroatoms. The topological polar surface area (TPSA) is 79.3 Å². The highest BCUT2D eigenvalue weighted by atomic mass is 16.5. The standard InChI is InChI=1S/C23H19N3O2/c1-28-22-15-21(13-12-17(22)14-18(16-24)23(25)27)26(19-8-4-2-5-9-19)20-10-6-3-7-11-20/h2-15H,1H3,(H2,25,27)/b18-14+. The van der Waals surface area contributed by atoms with E-state index in [4.69, 9.17) is 15.7 Å². The van der Waals surface area contributed by atoms with Crippen LogP contribution in [0.25, 0.3) is 6.08 Å². The number of methoxy groups -OCH3 is 1. The predicted octanol–water partition coefficient (Wildman–Crippen LogP) is 4.56. The van der Waals surface area contributed by atoms with Crippen LogP contribution < -0.4 is 15.4 Å². The summed E-state index contributed by atoms with van der Waals surface area (Å²) in [5.41, 5.74) is 8.57. The molecule has 0 aliphatic carbocycles. The molecule has 3 rings (SSSR count). The number of carbonyl (C=O) groups excluding carboxylic acids is 1. The third kappa shape index (κ3) is 4.02. The first-order valence-electron chi connectivity index (χ1n) is 8.64. The van der Waals surface area contributed by atoms with Crippen molar-refractivity contribution in [3.05, 3.63) is 90.0 Å². The fraction of sp³-hybridized carbons (Fsp3) is 0.0435. The van der Waals surface area contributed by atoms with Gasteiger partial charge in [0.1, 0.15) is 17.4 Å². The number of hydrogen-bond donors (Lipinski definition) is 1. The number of para-hydroxylation sites is 2. The highest BCUT2D eigenvalue weighted by Crippen LogP contribution is 2.37. The minimum absolute atomic E-state index is 0.131. The molecule has 0 saturated heterocycles. The Morgan fingerprint density at radius 2 is 1.54 bits per heavy atom. The number of primary amides is 1. The highest BCUT2D eigenvalue weighted by Gasteiger charge is 2.14. The van der Waals surface area contributed by atoms with Crippen LogP contribution in [-0.2, 0) is 4.79 Å². The maximum Gasteiger partial charge on any atom is 0.259 e. The van der Waals surface area contributed by atoms with Gasteiger partial charge in [-0.25, -0.2) is 0 Å². The van der Waals surface area contributed by atoms with Crippen LogP contribution in [0.5, 0.6) is 5.75 Å². The van der Waals surface area contributed by atoms with E-state index in [2.05, 4.69) is 4.90 Å². The fourth-order valence-corrected chi connectivity index (χ4v) is 2.87. The SMILES string of the molecule is COc1cc(N(c2ccccc2)c2ccccc2)ccc1/C=C(\C#N)C(N)=O. The minimum Gasteiger partial charge on any atom is -0.496 e. The summed E-state index contributed by atoms with van der Waals surface area (Å²) in [6, 6.07) is 27.3. The van der Waals surface area contributed by atoms with E-state index in [-0.39, 0.29) is 5.57 Å². The van der Waals surface area contributed by atoms with Crippen molar-refractivity contribution in [2.45, 2.75) is 0 Å². The second-order valence-electron chi connectivity index (χ2n) is 5.97. The molecule has 2 N–H and O–H groups in total. The van der Waals surface area contributed by atoms with E-state index < -0.39 is 5.91 Å². The Balaban J connectivity index is 2.12. The van der Waals surface area contributed by atoms with E-state index in [1.54, 1.807) is 13.2 Å². The molecule has 0 aliphatic rings. The van der Waals surface area contributed by atoms with Crippen LogP contribution >= 0.6 is 0 Å². The Labute approximate surface area is 163 Å². The third-order valence-corrected chi connectivity index (χ3v) is 4.19. The number of rotatable bonds is 6. The molecule has 0 heterocycles. The van der Waals surface area contributed by atoms with Crippen molar-refractivity contribution in [2.24, 2.45) is 5.73 Å². The van der Waals surface area contributed by atoms with E-state index in [1.807, 2.05) is 78.9 Å². The summed E-state index contributed by atoms with van der Waals surface area (Å²) in [5.74, 6) is -0.243. The van der Waals surface area contributed by atoms with Gasteiger partial charge in [-0.15, -0.1) is 0 Å². The average Bonchev–Trinajstić information content (AvgIpc) is 2.74. The van der Waals surface area contributed by atoms with Gasteiger partial charge in [-0.1, -0.05) is 36.4 Å². The number of ether oxygens (including phenoxy) is 1. The molecule has 0 spiro atoms. The summed E-state index contributed by atoms with van der Waals surface area (Å²) in [4.78, 5) is 13.5. The fourth-order valence-electron chi connectivity index (χ4n) is 2.87. The molecular formula is C23H19N3O2. The maximum atomic E-state index is 11.4. The summed E-state index contributed by atoms with van der Waals surface area (Å²) in [6.45, 7) is 0. The lowest BCUT2D eigenvalue weighted by Crippen LogP contribution is -2.12. The van der Waals surface area contributed by atoms with Crippen LogP contribution in [0, 0.1) is 11.3 Å². The molecule has 0 saturated carbocycles. The van der Waals surface area contributed by atoms with E-state index in [0.717, 1.165) is 17.1 Å². The molecule has 0 fully saturated rings. The van der Waals surface area contributed by atoms with Gasteiger partial charge in [0.15, 0.2) is 0 Å². The lowest BCUT2D eigenvalue weighted by Gasteiger charge is -2.26. The van der Waals surface area contributed by atoms with Crippen LogP contribution in [0.2, 0.25) is 0 Å². The molecule has 0 radical (unpaired) electrons. The molecule has 3 aromatic rings. The zero-order valence-electron chi connectivity index (χ0n) is 15.4. The van der Waals surface area contributed by atoms with E-state index in [9.17, 15) is 4.79 Å². The van der Waals surface area contributed by atoms with E-state index in [0.29, 0.717) is 11.3 Å². The highest BCUT2D eigenvalue weighted by molar-refractivity contribution is 6.01. The van der Waals surface area contributed by atoms with Crippen LogP contribution in [0.4, 0.5) is 17.1 Å². The largest absolute Gasteiger partial charge is 0.496 e. The molecule has 5 nitrogen and oxygen atoms in total. The predicted molar refractivity (Wildman–Crippen MR) is 110 cm³/mol. The number of nitrogens with zero attached hydrogens (tertiary/aromatic N) is 2. The number of benzene rings is 3. The van der Waals surface area contributed by atoms with Crippen molar-refractivity contribution in [3.63, 3.8) is 0 Å². The first-order valence-corrected chi connectivity index (χ1v) is 8.64. The van der Waals surface area contributed by atoms with Crippen molar-refractivity contribution >= 4 is 29.0 Å². The van der Waals surface area contributed by atoms with Crippen LogP contribution in [-0.4, -0.2) is 13.0 Å². The Kier molecular flexibility index (Phi) is 5.73. The monoisotopic (exact) mass is 369 g/mol. The Morgan fingerprint density at radius 1 is 0.964 bits per heavy atom. The van der Waals surface area contributed by atoms with Gasteiger partial charge in [0.05, 0.1) is 7.11 Å². The summed E-state index contributed by atoms with van der Waals surface area (Å²) >= 11 is 0. The number of carbonyl (C=O) groups is 1. The number of anilines is 3. The van der Waals surface area contributed by atoms with Gasteiger partial charge in [-0.05, 0) is 42.5 Å². The second kappa shape index (κ2) is 8.56. The van der Waals surface area contributed by atoms with Gasteiger partial charge in [-0.2, -0.15) is 5.26 Å². The molecule has 3 aromatic carbocycles. The minimum atomic E-state index is -0.774. The molecule has 1 amide bonds. The Hall–Kier alpha value is -4.04.